The minimum atomic E-state index is -0.389. The third kappa shape index (κ3) is 3.02. The molecule has 1 amide bonds. The van der Waals surface area contributed by atoms with Gasteiger partial charge in [0.1, 0.15) is 5.56 Å². The summed E-state index contributed by atoms with van der Waals surface area (Å²) in [5.41, 5.74) is 0.697. The van der Waals surface area contributed by atoms with Crippen LogP contribution in [0.25, 0.3) is 0 Å². The number of likely N-dealkylation sites (N-methyl/N-ethyl adjacent to an activating group) is 1. The fraction of sp³-hybridized carbons (Fsp3) is 0.611. The molecular weight excluding hydrogens is 306 g/mol. The number of pyridine rings is 1. The molecule has 0 saturated carbocycles. The first-order valence-electron chi connectivity index (χ1n) is 8.57. The summed E-state index contributed by atoms with van der Waals surface area (Å²) >= 11 is 0. The molecule has 1 atom stereocenters. The molecule has 1 aliphatic carbocycles. The van der Waals surface area contributed by atoms with Crippen molar-refractivity contribution in [2.75, 3.05) is 20.1 Å². The topological polar surface area (TPSA) is 82.3 Å². The van der Waals surface area contributed by atoms with Gasteiger partial charge in [-0.2, -0.15) is 0 Å². The molecule has 1 unspecified atom stereocenters. The molecule has 6 heteroatoms. The summed E-state index contributed by atoms with van der Waals surface area (Å²) in [4.78, 5) is 42.2. The lowest BCUT2D eigenvalue weighted by Crippen LogP contribution is -2.43. The summed E-state index contributed by atoms with van der Waals surface area (Å²) in [6.07, 6.45) is 2.95. The maximum absolute atomic E-state index is 12.8. The van der Waals surface area contributed by atoms with Crippen molar-refractivity contribution < 1.29 is 9.59 Å². The zero-order chi connectivity index (χ0) is 17.5. The van der Waals surface area contributed by atoms with Crippen LogP contribution >= 0.6 is 0 Å². The Kier molecular flexibility index (Phi) is 4.34. The number of carbonyl (C=O) groups excluding carboxylic acids is 2. The van der Waals surface area contributed by atoms with E-state index in [9.17, 15) is 14.4 Å². The molecule has 2 aliphatic rings. The predicted molar refractivity (Wildman–Crippen MR) is 91.5 cm³/mol. The number of ketones is 1. The Labute approximate surface area is 141 Å². The highest BCUT2D eigenvalue weighted by molar-refractivity contribution is 6.02. The van der Waals surface area contributed by atoms with E-state index in [0.29, 0.717) is 37.2 Å². The number of Topliss-reactive ketones (excluding diaryl/α,β-unsaturated/α-hetero) is 1. The number of rotatable bonds is 3. The SMILES string of the molecule is CNCC1CCCN1C(=O)c1cc2c([nH]c1=O)CC(C)(C)CC2=O. The molecule has 0 spiro atoms. The molecule has 1 saturated heterocycles. The third-order valence-electron chi connectivity index (χ3n) is 5.03. The van der Waals surface area contributed by atoms with Gasteiger partial charge in [-0.1, -0.05) is 13.8 Å². The smallest absolute Gasteiger partial charge is 0.261 e. The summed E-state index contributed by atoms with van der Waals surface area (Å²) in [7, 11) is 1.85. The second kappa shape index (κ2) is 6.16. The van der Waals surface area contributed by atoms with E-state index in [1.165, 1.54) is 6.07 Å². The number of aromatic amines is 1. The molecule has 24 heavy (non-hydrogen) atoms. The zero-order valence-electron chi connectivity index (χ0n) is 14.6. The predicted octanol–water partition coefficient (Wildman–Crippen LogP) is 1.35. The van der Waals surface area contributed by atoms with Gasteiger partial charge in [-0.15, -0.1) is 0 Å². The summed E-state index contributed by atoms with van der Waals surface area (Å²) < 4.78 is 0. The van der Waals surface area contributed by atoms with Gasteiger partial charge in [0.05, 0.1) is 0 Å². The summed E-state index contributed by atoms with van der Waals surface area (Å²) in [6, 6.07) is 1.62. The fourth-order valence-electron chi connectivity index (χ4n) is 3.89. The first-order chi connectivity index (χ1) is 11.3. The normalized spacial score (nSPS) is 22.5. The molecule has 0 aromatic carbocycles. The summed E-state index contributed by atoms with van der Waals surface area (Å²) in [5, 5.41) is 3.09. The lowest BCUT2D eigenvalue weighted by atomic mass is 9.75. The van der Waals surface area contributed by atoms with Crippen LogP contribution in [0.2, 0.25) is 0 Å². The average molecular weight is 331 g/mol. The maximum Gasteiger partial charge on any atom is 0.261 e. The Morgan fingerprint density at radius 2 is 2.12 bits per heavy atom. The lowest BCUT2D eigenvalue weighted by Gasteiger charge is -2.30. The van der Waals surface area contributed by atoms with E-state index in [1.54, 1.807) is 4.90 Å². The monoisotopic (exact) mass is 331 g/mol. The van der Waals surface area contributed by atoms with Crippen LogP contribution in [0.3, 0.4) is 0 Å². The van der Waals surface area contributed by atoms with Crippen molar-refractivity contribution >= 4 is 11.7 Å². The Balaban J connectivity index is 1.95. The second-order valence-corrected chi connectivity index (χ2v) is 7.70. The highest BCUT2D eigenvalue weighted by Crippen LogP contribution is 2.33. The molecule has 1 aromatic rings. The second-order valence-electron chi connectivity index (χ2n) is 7.70. The van der Waals surface area contributed by atoms with Crippen LogP contribution in [0, 0.1) is 5.41 Å². The highest BCUT2D eigenvalue weighted by Gasteiger charge is 2.35. The quantitative estimate of drug-likeness (QED) is 0.876. The van der Waals surface area contributed by atoms with Crippen molar-refractivity contribution in [2.45, 2.75) is 45.6 Å². The largest absolute Gasteiger partial charge is 0.334 e. The van der Waals surface area contributed by atoms with E-state index < -0.39 is 0 Å². The van der Waals surface area contributed by atoms with E-state index in [0.717, 1.165) is 12.8 Å². The van der Waals surface area contributed by atoms with Crippen molar-refractivity contribution in [2.24, 2.45) is 5.41 Å². The van der Waals surface area contributed by atoms with Gasteiger partial charge in [0, 0.05) is 36.8 Å². The Morgan fingerprint density at radius 3 is 2.83 bits per heavy atom. The molecule has 6 nitrogen and oxygen atoms in total. The molecule has 1 aliphatic heterocycles. The minimum absolute atomic E-state index is 0.000234. The van der Waals surface area contributed by atoms with Crippen LogP contribution in [-0.4, -0.2) is 47.8 Å². The van der Waals surface area contributed by atoms with E-state index in [2.05, 4.69) is 10.3 Å². The number of likely N-dealkylation sites (tertiary alicyclic amines) is 1. The number of fused-ring (bicyclic) bond motifs is 1. The summed E-state index contributed by atoms with van der Waals surface area (Å²) in [5.74, 6) is -0.269. The van der Waals surface area contributed by atoms with E-state index in [4.69, 9.17) is 0 Å². The van der Waals surface area contributed by atoms with Crippen LogP contribution in [0.1, 0.15) is 59.5 Å². The van der Waals surface area contributed by atoms with Gasteiger partial charge in [-0.25, -0.2) is 0 Å². The van der Waals surface area contributed by atoms with E-state index in [-0.39, 0.29) is 34.3 Å². The zero-order valence-corrected chi connectivity index (χ0v) is 14.6. The van der Waals surface area contributed by atoms with Crippen molar-refractivity contribution in [1.82, 2.24) is 15.2 Å². The van der Waals surface area contributed by atoms with Crippen molar-refractivity contribution in [1.29, 1.82) is 0 Å². The van der Waals surface area contributed by atoms with Crippen molar-refractivity contribution in [3.63, 3.8) is 0 Å². The fourth-order valence-corrected chi connectivity index (χ4v) is 3.89. The number of hydrogen-bond donors (Lipinski definition) is 2. The lowest BCUT2D eigenvalue weighted by molar-refractivity contribution is 0.0735. The van der Waals surface area contributed by atoms with Gasteiger partial charge in [0.15, 0.2) is 5.78 Å². The van der Waals surface area contributed by atoms with Crippen LogP contribution < -0.4 is 10.9 Å². The number of nitrogens with zero attached hydrogens (tertiary/aromatic N) is 1. The minimum Gasteiger partial charge on any atom is -0.334 e. The van der Waals surface area contributed by atoms with Gasteiger partial charge in [-0.3, -0.25) is 14.4 Å². The van der Waals surface area contributed by atoms with Gasteiger partial charge in [-0.05, 0) is 37.8 Å². The average Bonchev–Trinajstić information content (AvgIpc) is 2.93. The molecule has 2 heterocycles. The molecule has 1 aromatic heterocycles. The first-order valence-corrected chi connectivity index (χ1v) is 8.57. The molecule has 2 N–H and O–H groups in total. The van der Waals surface area contributed by atoms with Crippen LogP contribution in [0.4, 0.5) is 0 Å². The number of hydrogen-bond acceptors (Lipinski definition) is 4. The summed E-state index contributed by atoms with van der Waals surface area (Å²) in [6.45, 7) is 5.39. The Hall–Kier alpha value is -1.95. The Morgan fingerprint density at radius 1 is 1.38 bits per heavy atom. The number of aromatic nitrogens is 1. The number of nitrogens with one attached hydrogen (secondary N) is 2. The molecule has 0 radical (unpaired) electrons. The Bertz CT molecular complexity index is 736. The van der Waals surface area contributed by atoms with Crippen molar-refractivity contribution in [3.8, 4) is 0 Å². The molecular formula is C18H25N3O3. The molecule has 3 rings (SSSR count). The van der Waals surface area contributed by atoms with E-state index >= 15 is 0 Å². The molecule has 130 valence electrons. The maximum atomic E-state index is 12.8. The van der Waals surface area contributed by atoms with Crippen molar-refractivity contribution in [3.05, 3.63) is 33.2 Å². The number of H-pyrrole nitrogens is 1. The van der Waals surface area contributed by atoms with Gasteiger partial charge in [0.2, 0.25) is 0 Å². The van der Waals surface area contributed by atoms with Gasteiger partial charge in [0.25, 0.3) is 11.5 Å². The van der Waals surface area contributed by atoms with Crippen LogP contribution in [0.15, 0.2) is 10.9 Å². The molecule has 1 fully saturated rings. The standard InChI is InChI=1S/C18H25N3O3/c1-18(2)8-14-12(15(22)9-18)7-13(16(23)20-14)17(24)21-6-4-5-11(21)10-19-3/h7,11,19H,4-6,8-10H2,1-3H3,(H,20,23). The first kappa shape index (κ1) is 16.9. The van der Waals surface area contributed by atoms with Crippen LogP contribution in [0.5, 0.6) is 0 Å². The highest BCUT2D eigenvalue weighted by atomic mass is 16.2. The van der Waals surface area contributed by atoms with Gasteiger partial charge < -0.3 is 15.2 Å². The number of carbonyl (C=O) groups is 2. The van der Waals surface area contributed by atoms with E-state index in [1.807, 2.05) is 20.9 Å². The van der Waals surface area contributed by atoms with Crippen LogP contribution in [-0.2, 0) is 6.42 Å². The number of amides is 1. The molecule has 0 bridgehead atoms. The third-order valence-corrected chi connectivity index (χ3v) is 5.03. The van der Waals surface area contributed by atoms with Gasteiger partial charge >= 0.3 is 0 Å².